The number of amides is 1. The molecule has 0 spiro atoms. The Morgan fingerprint density at radius 1 is 1.10 bits per heavy atom. The highest BCUT2D eigenvalue weighted by molar-refractivity contribution is 7.16. The number of hydrogen-bond acceptors (Lipinski definition) is 3. The molecule has 29 heavy (non-hydrogen) atoms. The van der Waals surface area contributed by atoms with Crippen LogP contribution in [0.3, 0.4) is 0 Å². The standard InChI is InChI=1S/C25H40N2OS/c1-5-6-7-8-9-10-11-12-13-14-23(28)27-24-21(18-26)20-16-15-19(25(2,3)4)17-22(20)29-24/h19H,5-17H2,1-4H3,(H,27,28). The predicted molar refractivity (Wildman–Crippen MR) is 124 cm³/mol. The average molecular weight is 417 g/mol. The molecule has 2 rings (SSSR count). The molecule has 1 aliphatic rings. The first-order chi connectivity index (χ1) is 13.9. The third-order valence-electron chi connectivity index (χ3n) is 6.36. The normalized spacial score (nSPS) is 16.3. The van der Waals surface area contributed by atoms with E-state index in [0.717, 1.165) is 42.7 Å². The number of carbonyl (C=O) groups is 1. The van der Waals surface area contributed by atoms with Crippen LogP contribution in [-0.2, 0) is 17.6 Å². The molecule has 1 aromatic rings. The molecule has 0 saturated carbocycles. The van der Waals surface area contributed by atoms with Gasteiger partial charge in [0.05, 0.1) is 5.56 Å². The van der Waals surface area contributed by atoms with Crippen LogP contribution in [0.4, 0.5) is 5.00 Å². The first kappa shape index (κ1) is 23.9. The first-order valence-corrected chi connectivity index (χ1v) is 12.5. The van der Waals surface area contributed by atoms with Crippen molar-refractivity contribution in [2.24, 2.45) is 11.3 Å². The highest BCUT2D eigenvalue weighted by Gasteiger charge is 2.32. The monoisotopic (exact) mass is 416 g/mol. The van der Waals surface area contributed by atoms with E-state index in [4.69, 9.17) is 0 Å². The number of carbonyl (C=O) groups excluding carboxylic acids is 1. The van der Waals surface area contributed by atoms with Crippen LogP contribution in [0, 0.1) is 22.7 Å². The number of nitriles is 1. The Hall–Kier alpha value is -1.34. The number of nitrogens with zero attached hydrogens (tertiary/aromatic N) is 1. The molecule has 1 heterocycles. The molecule has 4 heteroatoms. The molecule has 3 nitrogen and oxygen atoms in total. The van der Waals surface area contributed by atoms with Gasteiger partial charge in [-0.1, -0.05) is 79.1 Å². The van der Waals surface area contributed by atoms with Gasteiger partial charge in [0.25, 0.3) is 0 Å². The molecule has 1 atom stereocenters. The molecule has 0 radical (unpaired) electrons. The fraction of sp³-hybridized carbons (Fsp3) is 0.760. The van der Waals surface area contributed by atoms with Gasteiger partial charge in [0.1, 0.15) is 11.1 Å². The van der Waals surface area contributed by atoms with Crippen LogP contribution in [0.2, 0.25) is 0 Å². The fourth-order valence-electron chi connectivity index (χ4n) is 4.32. The van der Waals surface area contributed by atoms with Crippen molar-refractivity contribution >= 4 is 22.2 Å². The van der Waals surface area contributed by atoms with Crippen molar-refractivity contribution in [2.45, 2.75) is 111 Å². The van der Waals surface area contributed by atoms with Crippen LogP contribution in [-0.4, -0.2) is 5.91 Å². The molecule has 1 aliphatic carbocycles. The minimum atomic E-state index is 0.0652. The van der Waals surface area contributed by atoms with E-state index in [1.165, 1.54) is 55.4 Å². The molecule has 1 unspecified atom stereocenters. The minimum Gasteiger partial charge on any atom is -0.317 e. The minimum absolute atomic E-state index is 0.0652. The lowest BCUT2D eigenvalue weighted by Crippen LogP contribution is -2.26. The van der Waals surface area contributed by atoms with Crippen molar-refractivity contribution in [2.75, 3.05) is 5.32 Å². The lowest BCUT2D eigenvalue weighted by molar-refractivity contribution is -0.116. The van der Waals surface area contributed by atoms with Crippen LogP contribution in [0.1, 0.15) is 114 Å². The van der Waals surface area contributed by atoms with Gasteiger partial charge in [0.15, 0.2) is 0 Å². The second-order valence-electron chi connectivity index (χ2n) is 9.75. The zero-order valence-electron chi connectivity index (χ0n) is 19.0. The van der Waals surface area contributed by atoms with Gasteiger partial charge in [-0.25, -0.2) is 0 Å². The third kappa shape index (κ3) is 7.45. The molecule has 0 aliphatic heterocycles. The molecule has 162 valence electrons. The maximum Gasteiger partial charge on any atom is 0.225 e. The summed E-state index contributed by atoms with van der Waals surface area (Å²) in [6.07, 6.45) is 15.0. The Balaban J connectivity index is 1.77. The van der Waals surface area contributed by atoms with Gasteiger partial charge < -0.3 is 5.32 Å². The number of unbranched alkanes of at least 4 members (excludes halogenated alkanes) is 8. The highest BCUT2D eigenvalue weighted by Crippen LogP contribution is 2.44. The Bertz CT molecular complexity index is 693. The summed E-state index contributed by atoms with van der Waals surface area (Å²) in [5.74, 6) is 0.709. The fourth-order valence-corrected chi connectivity index (χ4v) is 5.61. The summed E-state index contributed by atoms with van der Waals surface area (Å²) < 4.78 is 0. The molecular formula is C25H40N2OS. The Morgan fingerprint density at radius 3 is 2.31 bits per heavy atom. The van der Waals surface area contributed by atoms with Crippen molar-refractivity contribution in [1.29, 1.82) is 5.26 Å². The van der Waals surface area contributed by atoms with Crippen LogP contribution in [0.25, 0.3) is 0 Å². The predicted octanol–water partition coefficient (Wildman–Crippen LogP) is 7.63. The van der Waals surface area contributed by atoms with E-state index >= 15 is 0 Å². The summed E-state index contributed by atoms with van der Waals surface area (Å²) in [6, 6.07) is 2.36. The Morgan fingerprint density at radius 2 is 1.72 bits per heavy atom. The first-order valence-electron chi connectivity index (χ1n) is 11.7. The maximum absolute atomic E-state index is 12.4. The van der Waals surface area contributed by atoms with Gasteiger partial charge in [-0.3, -0.25) is 4.79 Å². The van der Waals surface area contributed by atoms with Crippen molar-refractivity contribution < 1.29 is 4.79 Å². The summed E-state index contributed by atoms with van der Waals surface area (Å²) >= 11 is 1.64. The lowest BCUT2D eigenvalue weighted by Gasteiger charge is -2.33. The van der Waals surface area contributed by atoms with E-state index < -0.39 is 0 Å². The van der Waals surface area contributed by atoms with Crippen LogP contribution in [0.15, 0.2) is 0 Å². The van der Waals surface area contributed by atoms with E-state index in [0.29, 0.717) is 12.3 Å². The molecule has 0 bridgehead atoms. The third-order valence-corrected chi connectivity index (χ3v) is 7.53. The number of rotatable bonds is 11. The van der Waals surface area contributed by atoms with E-state index in [-0.39, 0.29) is 11.3 Å². The number of nitrogens with one attached hydrogen (secondary N) is 1. The summed E-state index contributed by atoms with van der Waals surface area (Å²) in [6.45, 7) is 9.15. The second kappa shape index (κ2) is 11.7. The van der Waals surface area contributed by atoms with Crippen molar-refractivity contribution in [3.63, 3.8) is 0 Å². The number of hydrogen-bond donors (Lipinski definition) is 1. The quantitative estimate of drug-likeness (QED) is 0.377. The molecule has 1 N–H and O–H groups in total. The average Bonchev–Trinajstić information content (AvgIpc) is 3.02. The van der Waals surface area contributed by atoms with Crippen molar-refractivity contribution in [3.05, 3.63) is 16.0 Å². The van der Waals surface area contributed by atoms with Gasteiger partial charge in [-0.2, -0.15) is 5.26 Å². The highest BCUT2D eigenvalue weighted by atomic mass is 32.1. The van der Waals surface area contributed by atoms with Gasteiger partial charge in [-0.15, -0.1) is 11.3 Å². The van der Waals surface area contributed by atoms with Crippen molar-refractivity contribution in [3.8, 4) is 6.07 Å². The van der Waals surface area contributed by atoms with Crippen LogP contribution in [0.5, 0.6) is 0 Å². The summed E-state index contributed by atoms with van der Waals surface area (Å²) in [4.78, 5) is 13.7. The summed E-state index contributed by atoms with van der Waals surface area (Å²) in [5.41, 5.74) is 2.20. The second-order valence-corrected chi connectivity index (χ2v) is 10.9. The topological polar surface area (TPSA) is 52.9 Å². The van der Waals surface area contributed by atoms with E-state index in [1.807, 2.05) is 0 Å². The van der Waals surface area contributed by atoms with Gasteiger partial charge in [-0.05, 0) is 42.6 Å². The Labute approximate surface area is 182 Å². The van der Waals surface area contributed by atoms with E-state index in [9.17, 15) is 10.1 Å². The zero-order valence-corrected chi connectivity index (χ0v) is 19.8. The van der Waals surface area contributed by atoms with Gasteiger partial charge >= 0.3 is 0 Å². The lowest BCUT2D eigenvalue weighted by atomic mass is 9.72. The molecule has 1 amide bonds. The summed E-state index contributed by atoms with van der Waals surface area (Å²) in [5, 5.41) is 13.5. The maximum atomic E-state index is 12.4. The molecule has 0 aromatic carbocycles. The Kier molecular flexibility index (Phi) is 9.69. The smallest absolute Gasteiger partial charge is 0.225 e. The van der Waals surface area contributed by atoms with Gasteiger partial charge in [0, 0.05) is 11.3 Å². The van der Waals surface area contributed by atoms with Crippen LogP contribution < -0.4 is 5.32 Å². The van der Waals surface area contributed by atoms with E-state index in [2.05, 4.69) is 39.1 Å². The number of fused-ring (bicyclic) bond motifs is 1. The molecule has 0 saturated heterocycles. The van der Waals surface area contributed by atoms with Gasteiger partial charge in [0.2, 0.25) is 5.91 Å². The van der Waals surface area contributed by atoms with Crippen LogP contribution >= 0.6 is 11.3 Å². The molecule has 0 fully saturated rings. The number of thiophene rings is 1. The number of anilines is 1. The van der Waals surface area contributed by atoms with E-state index in [1.54, 1.807) is 11.3 Å². The largest absolute Gasteiger partial charge is 0.317 e. The molecular weight excluding hydrogens is 376 g/mol. The van der Waals surface area contributed by atoms with Crippen molar-refractivity contribution in [1.82, 2.24) is 0 Å². The zero-order chi connectivity index (χ0) is 21.3. The summed E-state index contributed by atoms with van der Waals surface area (Å²) in [7, 11) is 0. The molecule has 1 aromatic heterocycles. The SMILES string of the molecule is CCCCCCCCCCCC(=O)Nc1sc2c(c1C#N)CCC(C(C)(C)C)C2.